The van der Waals surface area contributed by atoms with Crippen molar-refractivity contribution >= 4 is 45.4 Å². The van der Waals surface area contributed by atoms with Crippen molar-refractivity contribution < 1.29 is 4.79 Å². The van der Waals surface area contributed by atoms with Gasteiger partial charge in [-0.3, -0.25) is 14.9 Å². The van der Waals surface area contributed by atoms with E-state index in [1.807, 2.05) is 54.7 Å². The molecule has 7 rings (SSSR count). The average molecular weight is 532 g/mol. The first-order chi connectivity index (χ1) is 19.7. The van der Waals surface area contributed by atoms with E-state index in [1.165, 1.54) is 5.70 Å². The van der Waals surface area contributed by atoms with Gasteiger partial charge in [0.1, 0.15) is 11.5 Å². The lowest BCUT2D eigenvalue weighted by molar-refractivity contribution is 0.0909. The van der Waals surface area contributed by atoms with Gasteiger partial charge in [-0.15, -0.1) is 0 Å². The number of allylic oxidation sites excluding steroid dienone is 1. The third-order valence-electron chi connectivity index (χ3n) is 7.53. The van der Waals surface area contributed by atoms with Gasteiger partial charge in [0, 0.05) is 77.7 Å². The summed E-state index contributed by atoms with van der Waals surface area (Å²) in [5.41, 5.74) is 5.50. The van der Waals surface area contributed by atoms with E-state index in [0.29, 0.717) is 17.3 Å². The molecule has 1 saturated heterocycles. The molecule has 10 nitrogen and oxygen atoms in total. The van der Waals surface area contributed by atoms with E-state index in [4.69, 9.17) is 4.98 Å². The zero-order valence-electron chi connectivity index (χ0n) is 21.9. The molecule has 4 N–H and O–H groups in total. The number of rotatable bonds is 6. The lowest BCUT2D eigenvalue weighted by Gasteiger charge is -2.36. The van der Waals surface area contributed by atoms with Crippen LogP contribution in [0.3, 0.4) is 0 Å². The standard InChI is InChI=1S/C30H29N9O/c40-30(35-23-2-1-13-39(18-23)24-7-10-31-11-8-24)27-15-19-3-4-20(16-26(19)36-27)29-32-12-9-28(37-29)34-22-5-6-25-21(14-22)17-33-38-25/h3-7,9-10,12,14-17,23,36H,1-2,8,11,13,18H2,(H,33,38)(H,35,40)(H,32,34,37). The molecule has 1 atom stereocenters. The number of aromatic nitrogens is 5. The van der Waals surface area contributed by atoms with Crippen LogP contribution >= 0.6 is 0 Å². The summed E-state index contributed by atoms with van der Waals surface area (Å²) in [7, 11) is 0. The number of amides is 1. The number of nitrogens with zero attached hydrogens (tertiary/aromatic N) is 5. The lowest BCUT2D eigenvalue weighted by atomic mass is 10.0. The number of fused-ring (bicyclic) bond motifs is 2. The molecule has 1 amide bonds. The predicted octanol–water partition coefficient (Wildman–Crippen LogP) is 4.80. The molecule has 5 aromatic rings. The highest BCUT2D eigenvalue weighted by Crippen LogP contribution is 2.26. The minimum absolute atomic E-state index is 0.0826. The maximum atomic E-state index is 13.2. The van der Waals surface area contributed by atoms with Gasteiger partial charge in [-0.25, -0.2) is 9.97 Å². The monoisotopic (exact) mass is 531 g/mol. The van der Waals surface area contributed by atoms with Crippen LogP contribution in [0.2, 0.25) is 0 Å². The fourth-order valence-electron chi connectivity index (χ4n) is 5.48. The smallest absolute Gasteiger partial charge is 0.268 e. The summed E-state index contributed by atoms with van der Waals surface area (Å²) in [5, 5.41) is 15.6. The largest absolute Gasteiger partial charge is 0.373 e. The topological polar surface area (TPSA) is 127 Å². The number of H-pyrrole nitrogens is 2. The molecule has 40 heavy (non-hydrogen) atoms. The second kappa shape index (κ2) is 10.3. The summed E-state index contributed by atoms with van der Waals surface area (Å²) in [6.45, 7) is 2.69. The summed E-state index contributed by atoms with van der Waals surface area (Å²) in [6.07, 6.45) is 10.5. The van der Waals surface area contributed by atoms with Crippen LogP contribution in [0.4, 0.5) is 11.5 Å². The second-order valence-electron chi connectivity index (χ2n) is 10.3. The quantitative estimate of drug-likeness (QED) is 0.249. The number of carbonyl (C=O) groups is 1. The van der Waals surface area contributed by atoms with Gasteiger partial charge in [0.05, 0.1) is 11.7 Å². The first-order valence-electron chi connectivity index (χ1n) is 13.6. The maximum absolute atomic E-state index is 13.2. The Hall–Kier alpha value is -4.99. The van der Waals surface area contributed by atoms with Crippen LogP contribution in [-0.2, 0) is 0 Å². The Kier molecular flexibility index (Phi) is 6.19. The Morgan fingerprint density at radius 3 is 2.95 bits per heavy atom. The van der Waals surface area contributed by atoms with Crippen molar-refractivity contribution in [1.82, 2.24) is 35.4 Å². The second-order valence-corrected chi connectivity index (χ2v) is 10.3. The normalized spacial score (nSPS) is 17.2. The van der Waals surface area contributed by atoms with E-state index in [0.717, 1.165) is 72.0 Å². The molecule has 1 fully saturated rings. The number of hydrogen-bond donors (Lipinski definition) is 4. The van der Waals surface area contributed by atoms with Crippen molar-refractivity contribution in [3.05, 3.63) is 78.4 Å². The Morgan fingerprint density at radius 1 is 1.05 bits per heavy atom. The number of aliphatic imine (C=N–C) groups is 1. The molecule has 0 bridgehead atoms. The van der Waals surface area contributed by atoms with Crippen LogP contribution in [0.5, 0.6) is 0 Å². The number of benzene rings is 2. The number of piperidine rings is 1. The summed E-state index contributed by atoms with van der Waals surface area (Å²) >= 11 is 0. The van der Waals surface area contributed by atoms with E-state index in [1.54, 1.807) is 12.4 Å². The van der Waals surface area contributed by atoms with Crippen molar-refractivity contribution in [2.24, 2.45) is 4.99 Å². The van der Waals surface area contributed by atoms with Crippen LogP contribution in [0, 0.1) is 0 Å². The molecule has 3 aromatic heterocycles. The van der Waals surface area contributed by atoms with E-state index < -0.39 is 0 Å². The third-order valence-corrected chi connectivity index (χ3v) is 7.53. The Labute approximate surface area is 230 Å². The van der Waals surface area contributed by atoms with Crippen molar-refractivity contribution in [3.8, 4) is 11.4 Å². The van der Waals surface area contributed by atoms with Gasteiger partial charge in [-0.2, -0.15) is 5.10 Å². The summed E-state index contributed by atoms with van der Waals surface area (Å²) in [5.74, 6) is 1.21. The van der Waals surface area contributed by atoms with Crippen LogP contribution in [0.25, 0.3) is 33.2 Å². The van der Waals surface area contributed by atoms with Gasteiger partial charge in [0.25, 0.3) is 5.91 Å². The lowest BCUT2D eigenvalue weighted by Crippen LogP contribution is -2.47. The summed E-state index contributed by atoms with van der Waals surface area (Å²) in [4.78, 5) is 32.4. The Bertz CT molecular complexity index is 1770. The Morgan fingerprint density at radius 2 is 2.02 bits per heavy atom. The molecule has 200 valence electrons. The van der Waals surface area contributed by atoms with Gasteiger partial charge < -0.3 is 20.5 Å². The molecule has 1 unspecified atom stereocenters. The zero-order chi connectivity index (χ0) is 26.9. The molecule has 0 radical (unpaired) electrons. The fourth-order valence-corrected chi connectivity index (χ4v) is 5.48. The highest BCUT2D eigenvalue weighted by Gasteiger charge is 2.24. The summed E-state index contributed by atoms with van der Waals surface area (Å²) < 4.78 is 0. The molecule has 10 heteroatoms. The van der Waals surface area contributed by atoms with Crippen molar-refractivity contribution in [2.45, 2.75) is 25.3 Å². The number of aromatic amines is 2. The Balaban J connectivity index is 1.06. The van der Waals surface area contributed by atoms with Crippen LogP contribution in [-0.4, -0.2) is 67.8 Å². The van der Waals surface area contributed by atoms with E-state index in [-0.39, 0.29) is 11.9 Å². The van der Waals surface area contributed by atoms with Crippen LogP contribution < -0.4 is 10.6 Å². The number of likely N-dealkylation sites (tertiary alicyclic amines) is 1. The van der Waals surface area contributed by atoms with Gasteiger partial charge in [-0.05, 0) is 55.3 Å². The molecule has 0 spiro atoms. The van der Waals surface area contributed by atoms with E-state index >= 15 is 0 Å². The van der Waals surface area contributed by atoms with Crippen molar-refractivity contribution in [2.75, 3.05) is 25.0 Å². The maximum Gasteiger partial charge on any atom is 0.268 e. The van der Waals surface area contributed by atoms with Crippen molar-refractivity contribution in [1.29, 1.82) is 0 Å². The molecular weight excluding hydrogens is 502 g/mol. The average Bonchev–Trinajstić information content (AvgIpc) is 3.64. The minimum atomic E-state index is -0.0826. The first-order valence-corrected chi connectivity index (χ1v) is 13.6. The molecule has 0 aliphatic carbocycles. The van der Waals surface area contributed by atoms with Crippen LogP contribution in [0.15, 0.2) is 77.7 Å². The molecule has 2 aliphatic rings. The third kappa shape index (κ3) is 4.91. The highest BCUT2D eigenvalue weighted by atomic mass is 16.2. The molecule has 2 aromatic carbocycles. The molecule has 5 heterocycles. The predicted molar refractivity (Wildman–Crippen MR) is 157 cm³/mol. The number of anilines is 2. The van der Waals surface area contributed by atoms with Gasteiger partial charge in [0.2, 0.25) is 0 Å². The zero-order valence-corrected chi connectivity index (χ0v) is 21.9. The molecular formula is C30H29N9O. The number of dihydropyridines is 1. The van der Waals surface area contributed by atoms with Gasteiger partial charge in [-0.1, -0.05) is 12.1 Å². The number of nitrogens with one attached hydrogen (secondary N) is 4. The first kappa shape index (κ1) is 24.1. The van der Waals surface area contributed by atoms with Gasteiger partial charge >= 0.3 is 0 Å². The van der Waals surface area contributed by atoms with Crippen molar-refractivity contribution in [3.63, 3.8) is 0 Å². The van der Waals surface area contributed by atoms with E-state index in [9.17, 15) is 4.79 Å². The molecule has 2 aliphatic heterocycles. The van der Waals surface area contributed by atoms with Crippen LogP contribution in [0.1, 0.15) is 29.8 Å². The number of hydrogen-bond acceptors (Lipinski definition) is 7. The summed E-state index contributed by atoms with van der Waals surface area (Å²) in [6, 6.07) is 15.8. The van der Waals surface area contributed by atoms with E-state index in [2.05, 4.69) is 46.8 Å². The minimum Gasteiger partial charge on any atom is -0.373 e. The fraction of sp³-hybridized carbons (Fsp3) is 0.233. The number of carbonyl (C=O) groups excluding carboxylic acids is 1. The highest BCUT2D eigenvalue weighted by molar-refractivity contribution is 5.99. The molecule has 0 saturated carbocycles. The SMILES string of the molecule is O=C(NC1CCCN(C2=CC=NCC2)C1)c1cc2ccc(-c3nccc(Nc4ccc5[nH]ncc5c4)n3)cc2[nH]1. The van der Waals surface area contributed by atoms with Gasteiger partial charge in [0.15, 0.2) is 5.82 Å².